The third-order valence-electron chi connectivity index (χ3n) is 7.73. The molecule has 2 aliphatic heterocycles. The molecule has 0 aliphatic carbocycles. The van der Waals surface area contributed by atoms with E-state index in [1.165, 1.54) is 31.6 Å². The molecule has 1 aromatic rings. The zero-order valence-electron chi connectivity index (χ0n) is 24.7. The Labute approximate surface area is 236 Å². The number of phenols is 2. The van der Waals surface area contributed by atoms with Crippen molar-refractivity contribution >= 4 is 11.9 Å². The van der Waals surface area contributed by atoms with Gasteiger partial charge in [0.05, 0.1) is 11.7 Å². The Morgan fingerprint density at radius 1 is 1.12 bits per heavy atom. The van der Waals surface area contributed by atoms with E-state index in [-0.39, 0.29) is 29.9 Å². The fourth-order valence-electron chi connectivity index (χ4n) is 5.61. The van der Waals surface area contributed by atoms with Crippen LogP contribution in [0, 0.1) is 6.92 Å². The molecule has 0 unspecified atom stereocenters. The maximum absolute atomic E-state index is 12.4. The van der Waals surface area contributed by atoms with Gasteiger partial charge in [-0.1, -0.05) is 23.3 Å². The highest BCUT2D eigenvalue weighted by molar-refractivity contribution is 5.67. The molecule has 2 bridgehead atoms. The topological polar surface area (TPSA) is 132 Å². The van der Waals surface area contributed by atoms with Crippen LogP contribution in [0.15, 0.2) is 35.4 Å². The summed E-state index contributed by atoms with van der Waals surface area (Å²) in [4.78, 5) is 24.2. The van der Waals surface area contributed by atoms with E-state index in [0.29, 0.717) is 18.4 Å². The predicted molar refractivity (Wildman–Crippen MR) is 149 cm³/mol. The lowest BCUT2D eigenvalue weighted by Crippen LogP contribution is -2.69. The lowest BCUT2D eigenvalue weighted by Gasteiger charge is -2.51. The lowest BCUT2D eigenvalue weighted by molar-refractivity contribution is -0.383. The Bertz CT molecular complexity index is 1170. The van der Waals surface area contributed by atoms with Crippen LogP contribution in [-0.4, -0.2) is 63.1 Å². The van der Waals surface area contributed by atoms with Crippen LogP contribution < -0.4 is 0 Å². The molecule has 3 rings (SSSR count). The smallest absolute Gasteiger partial charge is 0.303 e. The summed E-state index contributed by atoms with van der Waals surface area (Å²) in [7, 11) is 0. The number of rotatable bonds is 11. The van der Waals surface area contributed by atoms with E-state index >= 15 is 0 Å². The summed E-state index contributed by atoms with van der Waals surface area (Å²) < 4.78 is 24.0. The molecule has 0 spiro atoms. The van der Waals surface area contributed by atoms with Crippen LogP contribution in [0.25, 0.3) is 0 Å². The first-order valence-corrected chi connectivity index (χ1v) is 13.8. The number of fused-ring (bicyclic) bond motifs is 2. The molecule has 1 aromatic carbocycles. The van der Waals surface area contributed by atoms with Gasteiger partial charge in [-0.3, -0.25) is 9.59 Å². The highest BCUT2D eigenvalue weighted by Crippen LogP contribution is 2.54. The quantitative estimate of drug-likeness (QED) is 0.196. The SMILES string of the molecule is CC(=O)OC[C@](O)([C@@H](Cc1cc(O)c(C)cc1O)OC(C)=O)[C@]12CC[C@](C)(C[C@@H](/C=C(\C)CCC=C(C)C)O1)O2. The highest BCUT2D eigenvalue weighted by Gasteiger charge is 2.67. The van der Waals surface area contributed by atoms with Crippen molar-refractivity contribution in [3.8, 4) is 11.5 Å². The fraction of sp³-hybridized carbons (Fsp3) is 0.613. The van der Waals surface area contributed by atoms with Gasteiger partial charge in [0, 0.05) is 38.7 Å². The zero-order valence-corrected chi connectivity index (χ0v) is 24.7. The lowest BCUT2D eigenvalue weighted by atomic mass is 9.82. The van der Waals surface area contributed by atoms with Gasteiger partial charge in [0.2, 0.25) is 5.79 Å². The van der Waals surface area contributed by atoms with Gasteiger partial charge in [-0.25, -0.2) is 0 Å². The normalized spacial score (nSPS) is 26.5. The summed E-state index contributed by atoms with van der Waals surface area (Å²) in [5.74, 6) is -3.23. The standard InChI is InChI=1S/C31H44O9/c1-19(2)9-8-10-20(3)13-25-17-29(7)11-12-31(39-25,40-29)30(36,18-37-22(5)32)28(38-23(6)33)16-24-15-26(34)21(4)14-27(24)35/h9,13-15,25,28,34-36H,8,10-12,16-18H2,1-7H3/b20-13+/t25-,28-,29-,30+,31-/m1/s1. The molecule has 3 N–H and O–H groups in total. The second-order valence-electron chi connectivity index (χ2n) is 11.8. The Balaban J connectivity index is 2.05. The van der Waals surface area contributed by atoms with Gasteiger partial charge in [-0.05, 0) is 71.6 Å². The molecule has 9 heteroatoms. The van der Waals surface area contributed by atoms with Crippen molar-refractivity contribution in [3.63, 3.8) is 0 Å². The first-order valence-electron chi connectivity index (χ1n) is 13.8. The molecule has 2 heterocycles. The number of benzene rings is 1. The molecule has 40 heavy (non-hydrogen) atoms. The number of ether oxygens (including phenoxy) is 4. The summed E-state index contributed by atoms with van der Waals surface area (Å²) >= 11 is 0. The average molecular weight is 561 g/mol. The first kappa shape index (κ1) is 31.6. The van der Waals surface area contributed by atoms with Crippen molar-refractivity contribution in [2.75, 3.05) is 6.61 Å². The molecule has 2 saturated heterocycles. The largest absolute Gasteiger partial charge is 0.508 e. The van der Waals surface area contributed by atoms with Crippen molar-refractivity contribution in [1.29, 1.82) is 0 Å². The molecule has 0 aromatic heterocycles. The number of carbonyl (C=O) groups is 2. The number of carbonyl (C=O) groups excluding carboxylic acids is 2. The van der Waals surface area contributed by atoms with Gasteiger partial charge in [-0.15, -0.1) is 0 Å². The van der Waals surface area contributed by atoms with Crippen LogP contribution in [0.3, 0.4) is 0 Å². The summed E-state index contributed by atoms with van der Waals surface area (Å²) in [6.07, 6.45) is 5.35. The van der Waals surface area contributed by atoms with Crippen LogP contribution in [0.4, 0.5) is 0 Å². The Morgan fingerprint density at radius 3 is 2.45 bits per heavy atom. The van der Waals surface area contributed by atoms with Gasteiger partial charge in [0.1, 0.15) is 24.2 Å². The minimum atomic E-state index is -2.16. The molecule has 2 fully saturated rings. The minimum absolute atomic E-state index is 0.0662. The van der Waals surface area contributed by atoms with E-state index in [9.17, 15) is 24.9 Å². The highest BCUT2D eigenvalue weighted by atomic mass is 16.7. The third kappa shape index (κ3) is 7.25. The first-order chi connectivity index (χ1) is 18.6. The van der Waals surface area contributed by atoms with Gasteiger partial charge in [0.25, 0.3) is 0 Å². The Morgan fingerprint density at radius 2 is 1.82 bits per heavy atom. The van der Waals surface area contributed by atoms with Crippen molar-refractivity contribution in [2.45, 2.75) is 116 Å². The van der Waals surface area contributed by atoms with Gasteiger partial charge < -0.3 is 34.3 Å². The van der Waals surface area contributed by atoms with Gasteiger partial charge in [0.15, 0.2) is 5.60 Å². The number of aromatic hydroxyl groups is 2. The Kier molecular flexibility index (Phi) is 9.75. The van der Waals surface area contributed by atoms with Crippen molar-refractivity contribution < 1.29 is 43.9 Å². The number of phenolic OH excluding ortho intramolecular Hbond substituents is 2. The molecule has 0 amide bonds. The summed E-state index contributed by atoms with van der Waals surface area (Å²) in [5, 5.41) is 33.3. The van der Waals surface area contributed by atoms with Crippen LogP contribution in [0.1, 0.15) is 84.8 Å². The molecular weight excluding hydrogens is 516 g/mol. The van der Waals surface area contributed by atoms with Crippen LogP contribution >= 0.6 is 0 Å². The number of hydrogen-bond donors (Lipinski definition) is 3. The third-order valence-corrected chi connectivity index (χ3v) is 7.73. The zero-order chi connectivity index (χ0) is 29.9. The molecular formula is C31H44O9. The van der Waals surface area contributed by atoms with E-state index in [1.807, 2.05) is 19.9 Å². The number of esters is 2. The van der Waals surface area contributed by atoms with E-state index in [2.05, 4.69) is 19.9 Å². The Hall–Kier alpha value is -2.88. The van der Waals surface area contributed by atoms with Crippen LogP contribution in [0.2, 0.25) is 0 Å². The maximum atomic E-state index is 12.4. The minimum Gasteiger partial charge on any atom is -0.508 e. The maximum Gasteiger partial charge on any atom is 0.303 e. The molecule has 2 aliphatic rings. The van der Waals surface area contributed by atoms with E-state index in [1.54, 1.807) is 6.92 Å². The van der Waals surface area contributed by atoms with Gasteiger partial charge >= 0.3 is 11.9 Å². The van der Waals surface area contributed by atoms with Crippen molar-refractivity contribution in [2.24, 2.45) is 0 Å². The number of hydrogen-bond acceptors (Lipinski definition) is 9. The number of aliphatic hydroxyl groups is 1. The molecule has 9 nitrogen and oxygen atoms in total. The van der Waals surface area contributed by atoms with Crippen molar-refractivity contribution in [1.82, 2.24) is 0 Å². The summed E-state index contributed by atoms with van der Waals surface area (Å²) in [6.45, 7) is 11.6. The monoisotopic (exact) mass is 560 g/mol. The molecule has 0 saturated carbocycles. The van der Waals surface area contributed by atoms with Crippen LogP contribution in [-0.2, 0) is 35.0 Å². The van der Waals surface area contributed by atoms with Crippen LogP contribution in [0.5, 0.6) is 11.5 Å². The van der Waals surface area contributed by atoms with E-state index < -0.39 is 47.7 Å². The number of allylic oxidation sites excluding steroid dienone is 3. The summed E-state index contributed by atoms with van der Waals surface area (Å²) in [5.41, 5.74) is 0.267. The molecule has 0 radical (unpaired) electrons. The van der Waals surface area contributed by atoms with E-state index in [4.69, 9.17) is 18.9 Å². The summed E-state index contributed by atoms with van der Waals surface area (Å²) in [6, 6.07) is 2.74. The van der Waals surface area contributed by atoms with Gasteiger partial charge in [-0.2, -0.15) is 0 Å². The van der Waals surface area contributed by atoms with E-state index in [0.717, 1.165) is 18.4 Å². The fourth-order valence-corrected chi connectivity index (χ4v) is 5.61. The average Bonchev–Trinajstić information content (AvgIpc) is 3.09. The second kappa shape index (κ2) is 12.3. The second-order valence-corrected chi connectivity index (χ2v) is 11.8. The molecule has 5 atom stereocenters. The molecule has 222 valence electrons. The number of aryl methyl sites for hydroxylation is 1. The van der Waals surface area contributed by atoms with Crippen molar-refractivity contribution in [3.05, 3.63) is 46.6 Å². The predicted octanol–water partition coefficient (Wildman–Crippen LogP) is 4.92.